The molecule has 1 heterocycles. The molecule has 3 N–H and O–H groups in total. The fourth-order valence-corrected chi connectivity index (χ4v) is 2.83. The molecule has 0 aromatic heterocycles. The molecule has 0 saturated carbocycles. The lowest BCUT2D eigenvalue weighted by atomic mass is 9.91. The number of piperidine rings is 1. The maximum atomic E-state index is 10.9. The highest BCUT2D eigenvalue weighted by atomic mass is 16.6. The largest absolute Gasteiger partial charge is 0.324 e. The molecule has 20 heavy (non-hydrogen) atoms. The number of hydrogen-bond donors (Lipinski definition) is 2. The van der Waals surface area contributed by atoms with E-state index in [1.165, 1.54) is 18.9 Å². The van der Waals surface area contributed by atoms with Gasteiger partial charge in [0.25, 0.3) is 5.69 Å². The van der Waals surface area contributed by atoms with Gasteiger partial charge in [-0.3, -0.25) is 20.9 Å². The Balaban J connectivity index is 2.22. The van der Waals surface area contributed by atoms with E-state index in [9.17, 15) is 10.1 Å². The topological polar surface area (TPSA) is 84.4 Å². The summed E-state index contributed by atoms with van der Waals surface area (Å²) in [5.41, 5.74) is 4.36. The number of hydrogen-bond acceptors (Lipinski definition) is 5. The molecule has 1 aliphatic heterocycles. The Morgan fingerprint density at radius 3 is 2.90 bits per heavy atom. The zero-order valence-corrected chi connectivity index (χ0v) is 12.0. The van der Waals surface area contributed by atoms with Gasteiger partial charge in [0, 0.05) is 24.7 Å². The van der Waals surface area contributed by atoms with Gasteiger partial charge in [-0.2, -0.15) is 0 Å². The van der Waals surface area contributed by atoms with E-state index in [1.807, 2.05) is 0 Å². The minimum absolute atomic E-state index is 0.108. The zero-order valence-electron chi connectivity index (χ0n) is 12.0. The number of rotatable bonds is 4. The number of nitrogens with one attached hydrogen (secondary N) is 1. The first kappa shape index (κ1) is 14.7. The predicted molar refractivity (Wildman–Crippen MR) is 79.2 cm³/mol. The molecule has 0 spiro atoms. The van der Waals surface area contributed by atoms with Crippen LogP contribution in [0.3, 0.4) is 0 Å². The molecule has 1 fully saturated rings. The quantitative estimate of drug-likeness (QED) is 0.502. The monoisotopic (exact) mass is 278 g/mol. The predicted octanol–water partition coefficient (Wildman–Crippen LogP) is 2.50. The molecule has 1 aliphatic rings. The second kappa shape index (κ2) is 6.19. The molecule has 110 valence electrons. The number of hydrazine groups is 1. The summed E-state index contributed by atoms with van der Waals surface area (Å²) >= 11 is 0. The Hall–Kier alpha value is -1.66. The van der Waals surface area contributed by atoms with Crippen molar-refractivity contribution < 1.29 is 4.92 Å². The third-order valence-corrected chi connectivity index (χ3v) is 4.33. The first-order valence-electron chi connectivity index (χ1n) is 7.01. The fraction of sp³-hybridized carbons (Fsp3) is 0.571. The molecule has 2 unspecified atom stereocenters. The van der Waals surface area contributed by atoms with Gasteiger partial charge in [0.2, 0.25) is 0 Å². The summed E-state index contributed by atoms with van der Waals surface area (Å²) in [5.74, 6) is 6.16. The Kier molecular flexibility index (Phi) is 4.57. The van der Waals surface area contributed by atoms with Crippen molar-refractivity contribution in [3.05, 3.63) is 33.9 Å². The molecular formula is C14H22N4O2. The van der Waals surface area contributed by atoms with Crippen LogP contribution in [0, 0.1) is 16.0 Å². The Morgan fingerprint density at radius 2 is 2.25 bits per heavy atom. The lowest BCUT2D eigenvalue weighted by molar-refractivity contribution is -0.384. The van der Waals surface area contributed by atoms with Crippen LogP contribution in [-0.2, 0) is 6.54 Å². The molecule has 2 rings (SSSR count). The van der Waals surface area contributed by atoms with Crippen LogP contribution in [0.2, 0.25) is 0 Å². The van der Waals surface area contributed by atoms with Crippen molar-refractivity contribution in [3.63, 3.8) is 0 Å². The third kappa shape index (κ3) is 3.08. The number of nitro benzene ring substituents is 1. The van der Waals surface area contributed by atoms with Crippen molar-refractivity contribution in [2.45, 2.75) is 39.3 Å². The van der Waals surface area contributed by atoms with E-state index in [-0.39, 0.29) is 10.6 Å². The van der Waals surface area contributed by atoms with Crippen molar-refractivity contribution in [2.75, 3.05) is 12.0 Å². The van der Waals surface area contributed by atoms with Crippen LogP contribution < -0.4 is 11.3 Å². The molecule has 1 aromatic carbocycles. The highest BCUT2D eigenvalue weighted by molar-refractivity contribution is 5.55. The molecule has 0 aliphatic carbocycles. The molecule has 0 radical (unpaired) electrons. The van der Waals surface area contributed by atoms with E-state index >= 15 is 0 Å². The summed E-state index contributed by atoms with van der Waals surface area (Å²) in [4.78, 5) is 12.9. The van der Waals surface area contributed by atoms with E-state index in [0.29, 0.717) is 18.5 Å². The second-order valence-electron chi connectivity index (χ2n) is 5.57. The van der Waals surface area contributed by atoms with Gasteiger partial charge in [-0.25, -0.2) is 0 Å². The minimum Gasteiger partial charge on any atom is -0.324 e. The van der Waals surface area contributed by atoms with Crippen LogP contribution in [-0.4, -0.2) is 22.4 Å². The van der Waals surface area contributed by atoms with Crippen molar-refractivity contribution in [2.24, 2.45) is 11.8 Å². The standard InChI is InChI=1S/C14H22N4O2/c1-10-4-3-7-17(11(10)2)9-12-8-13(18(19)20)5-6-14(12)16-15/h5-6,8,10-11,16H,3-4,7,9,15H2,1-2H3. The van der Waals surface area contributed by atoms with Gasteiger partial charge in [-0.05, 0) is 43.9 Å². The normalized spacial score (nSPS) is 23.6. The van der Waals surface area contributed by atoms with E-state index in [4.69, 9.17) is 5.84 Å². The van der Waals surface area contributed by atoms with E-state index in [0.717, 1.165) is 17.8 Å². The smallest absolute Gasteiger partial charge is 0.269 e. The van der Waals surface area contributed by atoms with Crippen LogP contribution in [0.25, 0.3) is 0 Å². The molecule has 2 atom stereocenters. The summed E-state index contributed by atoms with van der Waals surface area (Å²) in [6.45, 7) is 6.19. The minimum atomic E-state index is -0.369. The van der Waals surface area contributed by atoms with Crippen LogP contribution in [0.4, 0.5) is 11.4 Å². The maximum Gasteiger partial charge on any atom is 0.269 e. The van der Waals surface area contributed by atoms with Gasteiger partial charge in [0.05, 0.1) is 10.6 Å². The average molecular weight is 278 g/mol. The lowest BCUT2D eigenvalue weighted by Crippen LogP contribution is -2.41. The van der Waals surface area contributed by atoms with Gasteiger partial charge in [-0.15, -0.1) is 0 Å². The summed E-state index contributed by atoms with van der Waals surface area (Å²) in [7, 11) is 0. The SMILES string of the molecule is CC1CCCN(Cc2cc([N+](=O)[O-])ccc2NN)C1C. The Labute approximate surface area is 119 Å². The zero-order chi connectivity index (χ0) is 14.7. The van der Waals surface area contributed by atoms with Crippen molar-refractivity contribution in [3.8, 4) is 0 Å². The first-order chi connectivity index (χ1) is 9.52. The number of non-ortho nitro benzene ring substituents is 1. The second-order valence-corrected chi connectivity index (χ2v) is 5.57. The Bertz CT molecular complexity index is 492. The molecule has 1 aromatic rings. The van der Waals surface area contributed by atoms with Crippen LogP contribution in [0.5, 0.6) is 0 Å². The van der Waals surface area contributed by atoms with Crippen molar-refractivity contribution in [1.29, 1.82) is 0 Å². The van der Waals surface area contributed by atoms with E-state index < -0.39 is 0 Å². The molecule has 0 amide bonds. The van der Waals surface area contributed by atoms with Gasteiger partial charge in [0.1, 0.15) is 0 Å². The van der Waals surface area contributed by atoms with Crippen LogP contribution in [0.1, 0.15) is 32.3 Å². The van der Waals surface area contributed by atoms with Gasteiger partial charge >= 0.3 is 0 Å². The number of likely N-dealkylation sites (tertiary alicyclic amines) is 1. The molecular weight excluding hydrogens is 256 g/mol. The number of benzene rings is 1. The summed E-state index contributed by atoms with van der Waals surface area (Å²) in [6.07, 6.45) is 2.42. The van der Waals surface area contributed by atoms with Crippen LogP contribution in [0.15, 0.2) is 18.2 Å². The average Bonchev–Trinajstić information content (AvgIpc) is 2.43. The molecule has 0 bridgehead atoms. The van der Waals surface area contributed by atoms with Crippen molar-refractivity contribution >= 4 is 11.4 Å². The van der Waals surface area contributed by atoms with Crippen LogP contribution >= 0.6 is 0 Å². The van der Waals surface area contributed by atoms with E-state index in [1.54, 1.807) is 12.1 Å². The number of anilines is 1. The molecule has 1 saturated heterocycles. The number of nitrogens with two attached hydrogens (primary N) is 1. The molecule has 6 heteroatoms. The number of nitro groups is 1. The fourth-order valence-electron chi connectivity index (χ4n) is 2.83. The maximum absolute atomic E-state index is 10.9. The summed E-state index contributed by atoms with van der Waals surface area (Å²) in [6, 6.07) is 5.24. The lowest BCUT2D eigenvalue weighted by Gasteiger charge is -2.38. The first-order valence-corrected chi connectivity index (χ1v) is 7.01. The molecule has 6 nitrogen and oxygen atoms in total. The summed E-state index contributed by atoms with van der Waals surface area (Å²) < 4.78 is 0. The number of nitrogen functional groups attached to an aromatic ring is 1. The number of nitrogens with zero attached hydrogens (tertiary/aromatic N) is 2. The third-order valence-electron chi connectivity index (χ3n) is 4.33. The van der Waals surface area contributed by atoms with Gasteiger partial charge in [0.15, 0.2) is 0 Å². The van der Waals surface area contributed by atoms with Gasteiger partial charge < -0.3 is 5.43 Å². The van der Waals surface area contributed by atoms with Gasteiger partial charge in [-0.1, -0.05) is 6.92 Å². The van der Waals surface area contributed by atoms with E-state index in [2.05, 4.69) is 24.2 Å². The Morgan fingerprint density at radius 1 is 1.50 bits per heavy atom. The summed E-state index contributed by atoms with van der Waals surface area (Å²) in [5, 5.41) is 10.9. The highest BCUT2D eigenvalue weighted by Crippen LogP contribution is 2.28. The van der Waals surface area contributed by atoms with Crippen molar-refractivity contribution in [1.82, 2.24) is 4.90 Å². The highest BCUT2D eigenvalue weighted by Gasteiger charge is 2.25.